The van der Waals surface area contributed by atoms with E-state index in [-0.39, 0.29) is 5.78 Å². The van der Waals surface area contributed by atoms with Gasteiger partial charge in [-0.3, -0.25) is 4.79 Å². The Kier molecular flexibility index (Phi) is 3.26. The van der Waals surface area contributed by atoms with Crippen LogP contribution in [0.1, 0.15) is 26.4 Å². The molecule has 0 saturated heterocycles. The van der Waals surface area contributed by atoms with Gasteiger partial charge in [0.25, 0.3) is 0 Å². The second-order valence-electron chi connectivity index (χ2n) is 3.77. The van der Waals surface area contributed by atoms with Crippen LogP contribution in [0.25, 0.3) is 0 Å². The highest BCUT2D eigenvalue weighted by Crippen LogP contribution is 2.29. The third-order valence-corrected chi connectivity index (χ3v) is 4.50. The van der Waals surface area contributed by atoms with E-state index in [1.165, 1.54) is 11.3 Å². The molecule has 2 rings (SSSR count). The van der Waals surface area contributed by atoms with Crippen molar-refractivity contribution in [1.29, 1.82) is 0 Å². The van der Waals surface area contributed by atoms with Crippen molar-refractivity contribution in [3.63, 3.8) is 0 Å². The van der Waals surface area contributed by atoms with Crippen molar-refractivity contribution in [3.8, 4) is 0 Å². The van der Waals surface area contributed by atoms with Gasteiger partial charge in [0.15, 0.2) is 0 Å². The summed E-state index contributed by atoms with van der Waals surface area (Å²) in [5.74, 6) is 0.0995. The molecule has 0 amide bonds. The zero-order chi connectivity index (χ0) is 11.7. The van der Waals surface area contributed by atoms with Gasteiger partial charge in [-0.25, -0.2) is 0 Å². The van der Waals surface area contributed by atoms with Crippen LogP contribution >= 0.6 is 27.3 Å². The predicted molar refractivity (Wildman–Crippen MR) is 71.4 cm³/mol. The van der Waals surface area contributed by atoms with Crippen LogP contribution < -0.4 is 0 Å². The lowest BCUT2D eigenvalue weighted by Gasteiger charge is -1.99. The summed E-state index contributed by atoms with van der Waals surface area (Å²) in [7, 11) is 0. The Morgan fingerprint density at radius 3 is 2.56 bits per heavy atom. The van der Waals surface area contributed by atoms with Gasteiger partial charge in [0.1, 0.15) is 0 Å². The molecule has 1 nitrogen and oxygen atoms in total. The van der Waals surface area contributed by atoms with Crippen LogP contribution in [-0.4, -0.2) is 5.78 Å². The van der Waals surface area contributed by atoms with E-state index in [1.807, 2.05) is 44.2 Å². The second-order valence-corrected chi connectivity index (χ2v) is 6.14. The first-order chi connectivity index (χ1) is 7.58. The summed E-state index contributed by atoms with van der Waals surface area (Å²) in [6, 6.07) is 9.62. The average molecular weight is 295 g/mol. The number of hydrogen-bond donors (Lipinski definition) is 0. The maximum atomic E-state index is 12.2. The molecule has 1 aromatic carbocycles. The molecule has 16 heavy (non-hydrogen) atoms. The molecular formula is C13H11BrOS. The Hall–Kier alpha value is -0.930. The smallest absolute Gasteiger partial charge is 0.202 e. The molecule has 0 aliphatic rings. The van der Waals surface area contributed by atoms with Crippen molar-refractivity contribution < 1.29 is 4.79 Å². The Balaban J connectivity index is 2.39. The van der Waals surface area contributed by atoms with Crippen molar-refractivity contribution in [1.82, 2.24) is 0 Å². The second kappa shape index (κ2) is 4.52. The molecule has 0 bridgehead atoms. The first-order valence-electron chi connectivity index (χ1n) is 4.95. The number of thiophene rings is 1. The molecular weight excluding hydrogens is 284 g/mol. The number of carbonyl (C=O) groups is 1. The molecule has 1 heterocycles. The molecule has 3 heteroatoms. The number of benzene rings is 1. The number of rotatable bonds is 2. The fourth-order valence-electron chi connectivity index (χ4n) is 1.50. The number of halogens is 1. The van der Waals surface area contributed by atoms with Crippen LogP contribution in [0.3, 0.4) is 0 Å². The molecule has 0 radical (unpaired) electrons. The van der Waals surface area contributed by atoms with E-state index >= 15 is 0 Å². The summed E-state index contributed by atoms with van der Waals surface area (Å²) in [6.07, 6.45) is 0. The largest absolute Gasteiger partial charge is 0.288 e. The van der Waals surface area contributed by atoms with Crippen molar-refractivity contribution in [2.75, 3.05) is 0 Å². The van der Waals surface area contributed by atoms with Gasteiger partial charge < -0.3 is 0 Å². The average Bonchev–Trinajstić information content (AvgIpc) is 2.58. The summed E-state index contributed by atoms with van der Waals surface area (Å²) in [4.78, 5) is 12.9. The highest BCUT2D eigenvalue weighted by atomic mass is 79.9. The van der Waals surface area contributed by atoms with Crippen LogP contribution in [0.5, 0.6) is 0 Å². The van der Waals surface area contributed by atoms with Gasteiger partial charge in [-0.1, -0.05) is 23.8 Å². The van der Waals surface area contributed by atoms with Crippen molar-refractivity contribution in [2.24, 2.45) is 0 Å². The minimum absolute atomic E-state index is 0.0995. The molecule has 0 unspecified atom stereocenters. The maximum Gasteiger partial charge on any atom is 0.202 e. The van der Waals surface area contributed by atoms with E-state index < -0.39 is 0 Å². The first-order valence-corrected chi connectivity index (χ1v) is 6.56. The summed E-state index contributed by atoms with van der Waals surface area (Å²) < 4.78 is 1.03. The van der Waals surface area contributed by atoms with Gasteiger partial charge in [0, 0.05) is 5.56 Å². The highest BCUT2D eigenvalue weighted by Gasteiger charge is 2.13. The molecule has 2 aromatic rings. The molecule has 0 aliphatic carbocycles. The van der Waals surface area contributed by atoms with Crippen LogP contribution in [0.2, 0.25) is 0 Å². The lowest BCUT2D eigenvalue weighted by molar-refractivity contribution is 0.104. The van der Waals surface area contributed by atoms with Crippen molar-refractivity contribution >= 4 is 33.0 Å². The Morgan fingerprint density at radius 2 is 2.00 bits per heavy atom. The minimum atomic E-state index is 0.0995. The summed E-state index contributed by atoms with van der Waals surface area (Å²) >= 11 is 4.93. The fraction of sp³-hybridized carbons (Fsp3) is 0.154. The van der Waals surface area contributed by atoms with Crippen LogP contribution in [0, 0.1) is 13.8 Å². The van der Waals surface area contributed by atoms with Gasteiger partial charge >= 0.3 is 0 Å². The summed E-state index contributed by atoms with van der Waals surface area (Å²) in [5.41, 5.74) is 2.98. The number of hydrogen-bond acceptors (Lipinski definition) is 2. The van der Waals surface area contributed by atoms with E-state index in [0.717, 1.165) is 25.4 Å². The lowest BCUT2D eigenvalue weighted by atomic mass is 10.1. The van der Waals surface area contributed by atoms with Crippen LogP contribution in [-0.2, 0) is 0 Å². The number of carbonyl (C=O) groups excluding carboxylic acids is 1. The van der Waals surface area contributed by atoms with E-state index in [0.29, 0.717) is 0 Å². The van der Waals surface area contributed by atoms with Gasteiger partial charge in [0.2, 0.25) is 5.78 Å². The summed E-state index contributed by atoms with van der Waals surface area (Å²) in [5, 5.41) is 0. The standard InChI is InChI=1S/C13H11BrOS/c1-8-4-3-5-10(6-8)12(15)11-7-9(2)13(14)16-11/h3-7H,1-2H3. The quantitative estimate of drug-likeness (QED) is 0.752. The number of aryl methyl sites for hydroxylation is 2. The van der Waals surface area contributed by atoms with Crippen LogP contribution in [0.15, 0.2) is 34.1 Å². The van der Waals surface area contributed by atoms with Gasteiger partial charge in [0.05, 0.1) is 8.66 Å². The molecule has 0 spiro atoms. The normalized spacial score (nSPS) is 10.4. The third kappa shape index (κ3) is 2.25. The van der Waals surface area contributed by atoms with E-state index in [2.05, 4.69) is 15.9 Å². The monoisotopic (exact) mass is 294 g/mol. The van der Waals surface area contributed by atoms with Gasteiger partial charge in [-0.15, -0.1) is 11.3 Å². The van der Waals surface area contributed by atoms with Crippen molar-refractivity contribution in [2.45, 2.75) is 13.8 Å². The van der Waals surface area contributed by atoms with E-state index in [4.69, 9.17) is 0 Å². The molecule has 0 fully saturated rings. The lowest BCUT2D eigenvalue weighted by Crippen LogP contribution is -1.98. The van der Waals surface area contributed by atoms with E-state index in [9.17, 15) is 4.79 Å². The summed E-state index contributed by atoms with van der Waals surface area (Å²) in [6.45, 7) is 3.99. The Bertz CT molecular complexity index is 523. The molecule has 0 saturated carbocycles. The Morgan fingerprint density at radius 1 is 1.25 bits per heavy atom. The fourth-order valence-corrected chi connectivity index (χ4v) is 3.00. The zero-order valence-electron chi connectivity index (χ0n) is 9.08. The van der Waals surface area contributed by atoms with E-state index in [1.54, 1.807) is 0 Å². The van der Waals surface area contributed by atoms with Crippen molar-refractivity contribution in [3.05, 3.63) is 55.7 Å². The SMILES string of the molecule is Cc1cccc(C(=O)c2cc(C)c(Br)s2)c1. The van der Waals surface area contributed by atoms with Crippen LogP contribution in [0.4, 0.5) is 0 Å². The zero-order valence-corrected chi connectivity index (χ0v) is 11.5. The third-order valence-electron chi connectivity index (χ3n) is 2.36. The van der Waals surface area contributed by atoms with Gasteiger partial charge in [-0.2, -0.15) is 0 Å². The number of ketones is 1. The Labute approximate surface area is 107 Å². The predicted octanol–water partition coefficient (Wildman–Crippen LogP) is 4.36. The first kappa shape index (κ1) is 11.6. The van der Waals surface area contributed by atoms with Gasteiger partial charge in [-0.05, 0) is 47.5 Å². The molecule has 0 atom stereocenters. The molecule has 0 aliphatic heterocycles. The molecule has 0 N–H and O–H groups in total. The minimum Gasteiger partial charge on any atom is -0.288 e. The highest BCUT2D eigenvalue weighted by molar-refractivity contribution is 9.11. The molecule has 1 aromatic heterocycles. The maximum absolute atomic E-state index is 12.2. The topological polar surface area (TPSA) is 17.1 Å². The molecule has 82 valence electrons.